The highest BCUT2D eigenvalue weighted by Gasteiger charge is 2.45. The number of benzene rings is 1. The maximum absolute atomic E-state index is 12.5. The summed E-state index contributed by atoms with van der Waals surface area (Å²) < 4.78 is 5.83. The van der Waals surface area contributed by atoms with E-state index < -0.39 is 23.6 Å². The number of anilines is 1. The van der Waals surface area contributed by atoms with E-state index in [9.17, 15) is 9.59 Å². The molecule has 1 aromatic carbocycles. The van der Waals surface area contributed by atoms with Gasteiger partial charge in [-0.1, -0.05) is 0 Å². The van der Waals surface area contributed by atoms with Crippen LogP contribution < -0.4 is 15.5 Å². The van der Waals surface area contributed by atoms with Gasteiger partial charge in [-0.2, -0.15) is 5.26 Å². The number of nitrogens with zero attached hydrogens (tertiary/aromatic N) is 4. The smallest absolute Gasteiger partial charge is 0.405 e. The summed E-state index contributed by atoms with van der Waals surface area (Å²) in [4.78, 5) is 32.6. The monoisotopic (exact) mass is 412 g/mol. The molecule has 30 heavy (non-hydrogen) atoms. The van der Waals surface area contributed by atoms with Crippen molar-refractivity contribution < 1.29 is 19.1 Å². The zero-order valence-corrected chi connectivity index (χ0v) is 16.7. The Labute approximate surface area is 173 Å². The summed E-state index contributed by atoms with van der Waals surface area (Å²) in [5, 5.41) is 23.1. The molecule has 2 fully saturated rings. The van der Waals surface area contributed by atoms with Gasteiger partial charge in [0.2, 0.25) is 5.91 Å². The molecule has 4 rings (SSSR count). The Bertz CT molecular complexity index is 1000. The van der Waals surface area contributed by atoms with Crippen molar-refractivity contribution in [2.45, 2.75) is 30.8 Å². The molecule has 1 aromatic heterocycles. The molecular weight excluding hydrogens is 388 g/mol. The van der Waals surface area contributed by atoms with Crippen molar-refractivity contribution in [3.8, 4) is 6.07 Å². The molecule has 158 valence electrons. The van der Waals surface area contributed by atoms with Crippen LogP contribution in [0.15, 0.2) is 22.6 Å². The number of oxazole rings is 1. The second-order valence-corrected chi connectivity index (χ2v) is 7.94. The fraction of sp³-hybridized carbons (Fsp3) is 0.500. The first kappa shape index (κ1) is 20.0. The number of carboxylic acid groups (broad SMARTS) is 1. The lowest BCUT2D eigenvalue weighted by molar-refractivity contribution is -0.123. The van der Waals surface area contributed by atoms with Gasteiger partial charge in [0.05, 0.1) is 12.5 Å². The summed E-state index contributed by atoms with van der Waals surface area (Å²) >= 11 is 0. The van der Waals surface area contributed by atoms with Gasteiger partial charge in [0.25, 0.3) is 0 Å². The Morgan fingerprint density at radius 2 is 2.07 bits per heavy atom. The first-order valence-corrected chi connectivity index (χ1v) is 9.93. The van der Waals surface area contributed by atoms with Crippen LogP contribution in [0.3, 0.4) is 0 Å². The van der Waals surface area contributed by atoms with Crippen LogP contribution >= 0.6 is 0 Å². The van der Waals surface area contributed by atoms with E-state index in [4.69, 9.17) is 14.8 Å². The standard InChI is InChI=1S/C20H24N6O4/c1-25-6-8-26(9-7-25)13-2-3-14-16(10-13)30-17(22-14)11-15(23-19(28)29)18(27)24-20(12-21)4-5-20/h2-3,10,15,23H,4-9,11H2,1H3,(H,24,27)(H,28,29). The van der Waals surface area contributed by atoms with Gasteiger partial charge in [-0.3, -0.25) is 4.79 Å². The largest absolute Gasteiger partial charge is 0.465 e. The molecule has 0 bridgehead atoms. The molecular formula is C20H24N6O4. The maximum atomic E-state index is 12.5. The molecule has 0 radical (unpaired) electrons. The van der Waals surface area contributed by atoms with E-state index in [0.717, 1.165) is 31.9 Å². The highest BCUT2D eigenvalue weighted by molar-refractivity contribution is 5.87. The molecule has 1 atom stereocenters. The number of carbonyl (C=O) groups excluding carboxylic acids is 1. The number of likely N-dealkylation sites (N-methyl/N-ethyl adjacent to an activating group) is 1. The number of amides is 2. The number of aromatic nitrogens is 1. The third-order valence-electron chi connectivity index (χ3n) is 5.60. The van der Waals surface area contributed by atoms with Crippen LogP contribution in [0.4, 0.5) is 10.5 Å². The molecule has 1 aliphatic heterocycles. The average molecular weight is 412 g/mol. The normalized spacial score (nSPS) is 19.1. The number of hydrogen-bond donors (Lipinski definition) is 3. The molecule has 2 aromatic rings. The molecule has 1 saturated carbocycles. The Morgan fingerprint density at radius 1 is 1.33 bits per heavy atom. The molecule has 0 spiro atoms. The predicted molar refractivity (Wildman–Crippen MR) is 108 cm³/mol. The van der Waals surface area contributed by atoms with Crippen LogP contribution in [0.25, 0.3) is 11.1 Å². The molecule has 10 nitrogen and oxygen atoms in total. The fourth-order valence-electron chi connectivity index (χ4n) is 3.56. The lowest BCUT2D eigenvalue weighted by Gasteiger charge is -2.33. The topological polar surface area (TPSA) is 135 Å². The predicted octanol–water partition coefficient (Wildman–Crippen LogP) is 0.931. The SMILES string of the molecule is CN1CCN(c2ccc3nc(CC(NC(=O)O)C(=O)NC4(C#N)CC4)oc3c2)CC1. The minimum Gasteiger partial charge on any atom is -0.465 e. The zero-order chi connectivity index (χ0) is 21.3. The summed E-state index contributed by atoms with van der Waals surface area (Å²) in [6.45, 7) is 3.83. The number of piperazine rings is 1. The van der Waals surface area contributed by atoms with Gasteiger partial charge in [-0.25, -0.2) is 9.78 Å². The van der Waals surface area contributed by atoms with Crippen molar-refractivity contribution in [2.24, 2.45) is 0 Å². The van der Waals surface area contributed by atoms with Gasteiger partial charge < -0.3 is 30.0 Å². The van der Waals surface area contributed by atoms with Gasteiger partial charge in [0.1, 0.15) is 17.1 Å². The molecule has 2 amide bonds. The summed E-state index contributed by atoms with van der Waals surface area (Å²) in [5.74, 6) is -0.298. The molecule has 3 N–H and O–H groups in total. The van der Waals surface area contributed by atoms with Crippen molar-refractivity contribution in [3.05, 3.63) is 24.1 Å². The number of rotatable bonds is 6. The summed E-state index contributed by atoms with van der Waals surface area (Å²) in [5.41, 5.74) is 1.40. The Kier molecular flexibility index (Phi) is 5.22. The van der Waals surface area contributed by atoms with Crippen LogP contribution in [0.1, 0.15) is 18.7 Å². The Morgan fingerprint density at radius 3 is 2.70 bits per heavy atom. The quantitative estimate of drug-likeness (QED) is 0.638. The van der Waals surface area contributed by atoms with E-state index in [1.807, 2.05) is 18.2 Å². The van der Waals surface area contributed by atoms with Crippen LogP contribution in [0.5, 0.6) is 0 Å². The summed E-state index contributed by atoms with van der Waals surface area (Å²) in [6, 6.07) is 6.74. The molecule has 10 heteroatoms. The second kappa shape index (κ2) is 7.84. The van der Waals surface area contributed by atoms with Crippen LogP contribution in [-0.4, -0.2) is 71.8 Å². The van der Waals surface area contributed by atoms with Crippen LogP contribution in [0.2, 0.25) is 0 Å². The molecule has 2 heterocycles. The third kappa shape index (κ3) is 4.31. The molecule has 1 aliphatic carbocycles. The fourth-order valence-corrected chi connectivity index (χ4v) is 3.56. The van der Waals surface area contributed by atoms with Gasteiger partial charge in [0, 0.05) is 37.9 Å². The van der Waals surface area contributed by atoms with E-state index >= 15 is 0 Å². The van der Waals surface area contributed by atoms with Gasteiger partial charge in [0.15, 0.2) is 11.5 Å². The number of nitrogens with one attached hydrogen (secondary N) is 2. The number of hydrogen-bond acceptors (Lipinski definition) is 7. The molecule has 2 aliphatic rings. The highest BCUT2D eigenvalue weighted by atomic mass is 16.4. The maximum Gasteiger partial charge on any atom is 0.405 e. The van der Waals surface area contributed by atoms with E-state index in [1.165, 1.54) is 0 Å². The van der Waals surface area contributed by atoms with Crippen molar-refractivity contribution in [2.75, 3.05) is 38.1 Å². The average Bonchev–Trinajstić information content (AvgIpc) is 3.37. The van der Waals surface area contributed by atoms with Crippen molar-refractivity contribution in [3.63, 3.8) is 0 Å². The third-order valence-corrected chi connectivity index (χ3v) is 5.60. The minimum absolute atomic E-state index is 0.0435. The number of fused-ring (bicyclic) bond motifs is 1. The lowest BCUT2D eigenvalue weighted by atomic mass is 10.1. The second-order valence-electron chi connectivity index (χ2n) is 7.94. The van der Waals surface area contributed by atoms with E-state index in [0.29, 0.717) is 23.9 Å². The number of nitriles is 1. The van der Waals surface area contributed by atoms with E-state index in [1.54, 1.807) is 0 Å². The van der Waals surface area contributed by atoms with E-state index in [-0.39, 0.29) is 12.3 Å². The van der Waals surface area contributed by atoms with Crippen molar-refractivity contribution in [1.29, 1.82) is 5.26 Å². The number of carbonyl (C=O) groups is 2. The van der Waals surface area contributed by atoms with Crippen molar-refractivity contribution >= 4 is 28.8 Å². The zero-order valence-electron chi connectivity index (χ0n) is 16.7. The highest BCUT2D eigenvalue weighted by Crippen LogP contribution is 2.34. The first-order chi connectivity index (χ1) is 14.4. The summed E-state index contributed by atoms with van der Waals surface area (Å²) in [6.07, 6.45) is -0.247. The summed E-state index contributed by atoms with van der Waals surface area (Å²) in [7, 11) is 2.10. The van der Waals surface area contributed by atoms with Gasteiger partial charge in [-0.15, -0.1) is 0 Å². The molecule has 1 saturated heterocycles. The Balaban J connectivity index is 1.50. The molecule has 1 unspecified atom stereocenters. The minimum atomic E-state index is -1.33. The van der Waals surface area contributed by atoms with Crippen LogP contribution in [0, 0.1) is 11.3 Å². The first-order valence-electron chi connectivity index (χ1n) is 9.93. The Hall–Kier alpha value is -3.32. The lowest BCUT2D eigenvalue weighted by Crippen LogP contribution is -2.51. The van der Waals surface area contributed by atoms with E-state index in [2.05, 4.69) is 38.5 Å². The van der Waals surface area contributed by atoms with Gasteiger partial charge >= 0.3 is 6.09 Å². The van der Waals surface area contributed by atoms with Crippen molar-refractivity contribution in [1.82, 2.24) is 20.5 Å². The van der Waals surface area contributed by atoms with Gasteiger partial charge in [-0.05, 0) is 32.0 Å². The van der Waals surface area contributed by atoms with Crippen LogP contribution in [-0.2, 0) is 11.2 Å².